The molecule has 0 saturated heterocycles. The summed E-state index contributed by atoms with van der Waals surface area (Å²) in [6, 6.07) is 8.32. The lowest BCUT2D eigenvalue weighted by atomic mass is 9.99. The van der Waals surface area contributed by atoms with E-state index in [1.807, 2.05) is 12.1 Å². The molecule has 0 spiro atoms. The highest BCUT2D eigenvalue weighted by Crippen LogP contribution is 2.17. The zero-order valence-electron chi connectivity index (χ0n) is 9.00. The summed E-state index contributed by atoms with van der Waals surface area (Å²) in [4.78, 5) is 0. The van der Waals surface area contributed by atoms with Gasteiger partial charge in [-0.1, -0.05) is 39.7 Å². The first-order valence-corrected chi connectivity index (χ1v) is 6.78. The van der Waals surface area contributed by atoms with Crippen molar-refractivity contribution in [2.45, 2.75) is 19.3 Å². The zero-order valence-corrected chi connectivity index (χ0v) is 10.6. The van der Waals surface area contributed by atoms with Crippen LogP contribution in [0.1, 0.15) is 19.3 Å². The van der Waals surface area contributed by atoms with E-state index in [2.05, 4.69) is 34.1 Å². The topological polar surface area (TPSA) is 13.1 Å². The lowest BCUT2D eigenvalue weighted by Gasteiger charge is -2.06. The minimum Gasteiger partial charge on any atom is -0.456 e. The van der Waals surface area contributed by atoms with E-state index < -0.39 is 0 Å². The predicted octanol–water partition coefficient (Wildman–Crippen LogP) is 2.94. The average Bonchev–Trinajstić information content (AvgIpc) is 2.68. The molecule has 0 fully saturated rings. The van der Waals surface area contributed by atoms with Crippen LogP contribution < -0.4 is 10.6 Å². The molecule has 1 aliphatic carbocycles. The molecule has 1 aliphatic rings. The highest BCUT2D eigenvalue weighted by molar-refractivity contribution is 9.09. The molecule has 1 heterocycles. The van der Waals surface area contributed by atoms with Crippen molar-refractivity contribution >= 4 is 38.5 Å². The van der Waals surface area contributed by atoms with Crippen molar-refractivity contribution in [2.24, 2.45) is 0 Å². The molecule has 16 heavy (non-hydrogen) atoms. The molecule has 0 atom stereocenters. The lowest BCUT2D eigenvalue weighted by molar-refractivity contribution is 0.570. The van der Waals surface area contributed by atoms with Crippen molar-refractivity contribution in [1.82, 2.24) is 0 Å². The molecule has 0 saturated carbocycles. The average molecular weight is 277 g/mol. The normalized spacial score (nSPS) is 14.9. The second-order valence-electron chi connectivity index (χ2n) is 4.12. The molecular weight excluding hydrogens is 264 g/mol. The molecule has 3 rings (SSSR count). The fourth-order valence-corrected chi connectivity index (χ4v) is 2.92. The van der Waals surface area contributed by atoms with E-state index in [-0.39, 0.29) is 0 Å². The number of hydrogen-bond acceptors (Lipinski definition) is 1. The van der Waals surface area contributed by atoms with Crippen LogP contribution >= 0.6 is 15.9 Å². The fraction of sp³-hybridized carbons (Fsp3) is 0.286. The highest BCUT2D eigenvalue weighted by Gasteiger charge is 2.10. The van der Waals surface area contributed by atoms with Crippen molar-refractivity contribution in [3.63, 3.8) is 0 Å². The number of furan rings is 1. The molecule has 2 heteroatoms. The molecule has 0 radical (unpaired) electrons. The van der Waals surface area contributed by atoms with Gasteiger partial charge >= 0.3 is 0 Å². The maximum absolute atomic E-state index is 5.88. The number of halogens is 1. The summed E-state index contributed by atoms with van der Waals surface area (Å²) >= 11 is 3.53. The number of alkyl halides is 1. The summed E-state index contributed by atoms with van der Waals surface area (Å²) < 4.78 is 5.88. The third-order valence-electron chi connectivity index (χ3n) is 3.15. The Bertz CT molecular complexity index is 636. The summed E-state index contributed by atoms with van der Waals surface area (Å²) in [5.41, 5.74) is 3.61. The van der Waals surface area contributed by atoms with Gasteiger partial charge in [-0.15, -0.1) is 0 Å². The van der Waals surface area contributed by atoms with E-state index in [1.165, 1.54) is 22.6 Å². The van der Waals surface area contributed by atoms with E-state index >= 15 is 0 Å². The van der Waals surface area contributed by atoms with E-state index in [4.69, 9.17) is 4.42 Å². The van der Waals surface area contributed by atoms with E-state index in [0.717, 1.165) is 29.2 Å². The minimum absolute atomic E-state index is 1.01. The first-order chi connectivity index (χ1) is 7.90. The van der Waals surface area contributed by atoms with Crippen LogP contribution in [-0.2, 0) is 0 Å². The Morgan fingerprint density at radius 2 is 2.12 bits per heavy atom. The summed E-state index contributed by atoms with van der Waals surface area (Å²) in [5.74, 6) is 0. The molecule has 2 aromatic rings. The second-order valence-corrected chi connectivity index (χ2v) is 4.92. The van der Waals surface area contributed by atoms with Crippen molar-refractivity contribution in [1.29, 1.82) is 0 Å². The molecule has 0 unspecified atom stereocenters. The number of rotatable bonds is 2. The van der Waals surface area contributed by atoms with Crippen LogP contribution in [0.5, 0.6) is 0 Å². The van der Waals surface area contributed by atoms with Crippen LogP contribution in [0.15, 0.2) is 28.7 Å². The van der Waals surface area contributed by atoms with Gasteiger partial charge in [0, 0.05) is 15.9 Å². The molecule has 1 nitrogen and oxygen atoms in total. The predicted molar refractivity (Wildman–Crippen MR) is 71.0 cm³/mol. The third kappa shape index (κ3) is 1.52. The van der Waals surface area contributed by atoms with Crippen LogP contribution in [0, 0.1) is 0 Å². The molecule has 0 aliphatic heterocycles. The standard InChI is InChI=1S/C14H13BrO/c15-9-8-10-4-3-7-13-14(10)11-5-1-2-6-12(11)16-13/h1-2,5-7H,3-4,8-9H2. The van der Waals surface area contributed by atoms with Gasteiger partial charge in [0.25, 0.3) is 0 Å². The Hall–Kier alpha value is -1.02. The maximum Gasteiger partial charge on any atom is 0.135 e. The Kier molecular flexibility index (Phi) is 2.60. The smallest absolute Gasteiger partial charge is 0.135 e. The SMILES string of the molecule is BrCCC1=c2c(oc3ccccc23)=CCC1. The van der Waals surface area contributed by atoms with Gasteiger partial charge in [-0.05, 0) is 31.4 Å². The summed E-state index contributed by atoms with van der Waals surface area (Å²) in [7, 11) is 0. The van der Waals surface area contributed by atoms with Gasteiger partial charge in [-0.2, -0.15) is 0 Å². The summed E-state index contributed by atoms with van der Waals surface area (Å²) in [6.45, 7) is 0. The van der Waals surface area contributed by atoms with Gasteiger partial charge < -0.3 is 4.42 Å². The van der Waals surface area contributed by atoms with Crippen LogP contribution in [0.4, 0.5) is 0 Å². The molecular formula is C14H13BrO. The van der Waals surface area contributed by atoms with Crippen molar-refractivity contribution in [3.8, 4) is 0 Å². The monoisotopic (exact) mass is 276 g/mol. The molecule has 82 valence electrons. The number of fused-ring (bicyclic) bond motifs is 3. The maximum atomic E-state index is 5.88. The molecule has 1 aromatic carbocycles. The highest BCUT2D eigenvalue weighted by atomic mass is 79.9. The Balaban J connectivity index is 2.44. The summed E-state index contributed by atoms with van der Waals surface area (Å²) in [5, 5.41) is 3.65. The van der Waals surface area contributed by atoms with Gasteiger partial charge in [-0.25, -0.2) is 0 Å². The summed E-state index contributed by atoms with van der Waals surface area (Å²) in [6.07, 6.45) is 5.61. The number of para-hydroxylation sites is 1. The first-order valence-electron chi connectivity index (χ1n) is 5.66. The van der Waals surface area contributed by atoms with Gasteiger partial charge in [0.05, 0.1) is 0 Å². The second kappa shape index (κ2) is 4.10. The van der Waals surface area contributed by atoms with E-state index in [0.29, 0.717) is 0 Å². The van der Waals surface area contributed by atoms with Crippen LogP contribution in [0.25, 0.3) is 22.6 Å². The number of hydrogen-bond donors (Lipinski definition) is 0. The number of benzene rings is 1. The third-order valence-corrected chi connectivity index (χ3v) is 3.54. The van der Waals surface area contributed by atoms with Crippen LogP contribution in [-0.4, -0.2) is 5.33 Å². The van der Waals surface area contributed by atoms with Crippen LogP contribution in [0.3, 0.4) is 0 Å². The largest absolute Gasteiger partial charge is 0.456 e. The van der Waals surface area contributed by atoms with Gasteiger partial charge in [0.2, 0.25) is 0 Å². The lowest BCUT2D eigenvalue weighted by Crippen LogP contribution is -2.26. The molecule has 0 amide bonds. The van der Waals surface area contributed by atoms with Crippen molar-refractivity contribution in [3.05, 3.63) is 34.9 Å². The van der Waals surface area contributed by atoms with Gasteiger partial charge in [0.1, 0.15) is 11.0 Å². The van der Waals surface area contributed by atoms with Gasteiger partial charge in [0.15, 0.2) is 0 Å². The van der Waals surface area contributed by atoms with E-state index in [9.17, 15) is 0 Å². The minimum atomic E-state index is 1.01. The zero-order chi connectivity index (χ0) is 11.0. The van der Waals surface area contributed by atoms with Crippen molar-refractivity contribution in [2.75, 3.05) is 5.33 Å². The molecule has 0 bridgehead atoms. The quantitative estimate of drug-likeness (QED) is 0.769. The van der Waals surface area contributed by atoms with Gasteiger partial charge in [-0.3, -0.25) is 0 Å². The Morgan fingerprint density at radius 3 is 3.00 bits per heavy atom. The Morgan fingerprint density at radius 1 is 1.25 bits per heavy atom. The van der Waals surface area contributed by atoms with Crippen LogP contribution in [0.2, 0.25) is 0 Å². The van der Waals surface area contributed by atoms with E-state index in [1.54, 1.807) is 0 Å². The first kappa shape index (κ1) is 10.2. The molecule has 1 aromatic heterocycles. The van der Waals surface area contributed by atoms with Crippen molar-refractivity contribution < 1.29 is 4.42 Å². The fourth-order valence-electron chi connectivity index (χ4n) is 2.44. The Labute approximate surface area is 103 Å². The molecule has 0 N–H and O–H groups in total.